The lowest BCUT2D eigenvalue weighted by Crippen LogP contribution is -2.09. The Morgan fingerprint density at radius 3 is 2.68 bits per heavy atom. The highest BCUT2D eigenvalue weighted by Gasteiger charge is 2.23. The molecular weight excluding hydrogens is 279 g/mol. The van der Waals surface area contributed by atoms with Gasteiger partial charge in [-0.15, -0.1) is 0 Å². The lowest BCUT2D eigenvalue weighted by Gasteiger charge is -2.21. The molecule has 110 valence electrons. The highest BCUT2D eigenvalue weighted by molar-refractivity contribution is 5.93. The summed E-state index contributed by atoms with van der Waals surface area (Å²) in [6, 6.07) is 6.42. The third kappa shape index (κ3) is 1.89. The van der Waals surface area contributed by atoms with Gasteiger partial charge in [0.1, 0.15) is 5.82 Å². The number of anilines is 1. The van der Waals surface area contributed by atoms with Crippen molar-refractivity contribution in [3.8, 4) is 11.3 Å². The topological polar surface area (TPSA) is 67.6 Å². The predicted molar refractivity (Wildman–Crippen MR) is 84.9 cm³/mol. The van der Waals surface area contributed by atoms with Crippen molar-refractivity contribution in [2.45, 2.75) is 19.3 Å². The molecule has 0 unspecified atom stereocenters. The van der Waals surface area contributed by atoms with Crippen LogP contribution in [0, 0.1) is 5.82 Å². The van der Waals surface area contributed by atoms with Gasteiger partial charge in [-0.25, -0.2) is 9.37 Å². The van der Waals surface area contributed by atoms with E-state index in [0.29, 0.717) is 11.5 Å². The highest BCUT2D eigenvalue weighted by atomic mass is 19.1. The van der Waals surface area contributed by atoms with Gasteiger partial charge < -0.3 is 5.73 Å². The zero-order valence-corrected chi connectivity index (χ0v) is 12.0. The Hall–Kier alpha value is -2.69. The number of allylic oxidation sites excluding steroid dienone is 1. The first kappa shape index (κ1) is 13.0. The Balaban J connectivity index is 2.03. The summed E-state index contributed by atoms with van der Waals surface area (Å²) in [7, 11) is 0. The van der Waals surface area contributed by atoms with Crippen LogP contribution in [-0.2, 0) is 12.8 Å². The summed E-state index contributed by atoms with van der Waals surface area (Å²) in [5.74, 6) is 0.219. The molecule has 0 bridgehead atoms. The van der Waals surface area contributed by atoms with Crippen molar-refractivity contribution in [1.82, 2.24) is 15.2 Å². The molecule has 22 heavy (non-hydrogen) atoms. The van der Waals surface area contributed by atoms with E-state index in [1.807, 2.05) is 0 Å². The maximum absolute atomic E-state index is 13.2. The van der Waals surface area contributed by atoms with E-state index in [-0.39, 0.29) is 5.82 Å². The Morgan fingerprint density at radius 2 is 1.91 bits per heavy atom. The number of nitrogens with zero attached hydrogens (tertiary/aromatic N) is 2. The fourth-order valence-electron chi connectivity index (χ4n) is 3.15. The van der Waals surface area contributed by atoms with Crippen molar-refractivity contribution in [3.05, 3.63) is 53.4 Å². The van der Waals surface area contributed by atoms with E-state index in [9.17, 15) is 4.39 Å². The smallest absolute Gasteiger partial charge is 0.158 e. The quantitative estimate of drug-likeness (QED) is 0.676. The van der Waals surface area contributed by atoms with Crippen LogP contribution < -0.4 is 5.73 Å². The standard InChI is InChI=1S/C17H15FN4/c1-9-2-7-12-13(8-9)14-16(19)21-22-17(14)20-15(12)10-3-5-11(18)6-4-10/h3-6H,1-2,7-8H2,(H3,19,20,21,22). The number of hydrogen-bond donors (Lipinski definition) is 2. The second kappa shape index (κ2) is 4.66. The molecule has 3 aromatic rings. The average molecular weight is 294 g/mol. The maximum atomic E-state index is 13.2. The van der Waals surface area contributed by atoms with Crippen molar-refractivity contribution in [3.63, 3.8) is 0 Å². The van der Waals surface area contributed by atoms with Crippen LogP contribution in [0.3, 0.4) is 0 Å². The van der Waals surface area contributed by atoms with Crippen LogP contribution in [0.5, 0.6) is 0 Å². The Labute approximate surface area is 126 Å². The van der Waals surface area contributed by atoms with Crippen LogP contribution in [0.2, 0.25) is 0 Å². The number of benzene rings is 1. The minimum atomic E-state index is -0.252. The van der Waals surface area contributed by atoms with Crippen LogP contribution in [0.1, 0.15) is 17.5 Å². The fraction of sp³-hybridized carbons (Fsp3) is 0.176. The Bertz CT molecular complexity index is 893. The van der Waals surface area contributed by atoms with Crippen LogP contribution in [0.4, 0.5) is 10.2 Å². The van der Waals surface area contributed by atoms with Gasteiger partial charge in [-0.2, -0.15) is 5.10 Å². The SMILES string of the molecule is C=C1CCc2c(-c3ccc(F)cc3)nc3[nH]nc(N)c3c2C1. The molecule has 1 aliphatic rings. The molecule has 3 N–H and O–H groups in total. The van der Waals surface area contributed by atoms with E-state index in [1.165, 1.54) is 23.3 Å². The molecule has 4 rings (SSSR count). The normalized spacial score (nSPS) is 14.3. The van der Waals surface area contributed by atoms with Crippen molar-refractivity contribution in [2.24, 2.45) is 0 Å². The van der Waals surface area contributed by atoms with Gasteiger partial charge in [0.05, 0.1) is 11.1 Å². The molecule has 1 aliphatic carbocycles. The molecule has 0 aliphatic heterocycles. The molecular formula is C17H15FN4. The molecule has 0 saturated carbocycles. The lowest BCUT2D eigenvalue weighted by atomic mass is 9.85. The monoisotopic (exact) mass is 294 g/mol. The number of fused-ring (bicyclic) bond motifs is 3. The summed E-state index contributed by atoms with van der Waals surface area (Å²) < 4.78 is 13.2. The zero-order valence-electron chi connectivity index (χ0n) is 12.0. The van der Waals surface area contributed by atoms with E-state index >= 15 is 0 Å². The first-order chi connectivity index (χ1) is 10.6. The summed E-state index contributed by atoms with van der Waals surface area (Å²) >= 11 is 0. The number of halogens is 1. The minimum absolute atomic E-state index is 0.252. The Morgan fingerprint density at radius 1 is 1.14 bits per heavy atom. The summed E-state index contributed by atoms with van der Waals surface area (Å²) in [4.78, 5) is 4.68. The second-order valence-corrected chi connectivity index (χ2v) is 5.68. The van der Waals surface area contributed by atoms with E-state index < -0.39 is 0 Å². The predicted octanol–water partition coefficient (Wildman–Crippen LogP) is 3.39. The van der Waals surface area contributed by atoms with E-state index in [2.05, 4.69) is 21.8 Å². The van der Waals surface area contributed by atoms with Gasteiger partial charge in [-0.3, -0.25) is 5.10 Å². The third-order valence-electron chi connectivity index (χ3n) is 4.22. The molecule has 0 radical (unpaired) electrons. The molecule has 1 aromatic carbocycles. The van der Waals surface area contributed by atoms with Gasteiger partial charge in [0, 0.05) is 5.56 Å². The number of nitrogen functional groups attached to an aromatic ring is 1. The molecule has 0 spiro atoms. The summed E-state index contributed by atoms with van der Waals surface area (Å²) in [5.41, 5.74) is 11.9. The molecule has 0 fully saturated rings. The average Bonchev–Trinajstić information content (AvgIpc) is 2.89. The maximum Gasteiger partial charge on any atom is 0.158 e. The molecule has 2 heterocycles. The van der Waals surface area contributed by atoms with Gasteiger partial charge in [0.25, 0.3) is 0 Å². The van der Waals surface area contributed by atoms with E-state index in [1.54, 1.807) is 12.1 Å². The molecule has 2 aromatic heterocycles. The largest absolute Gasteiger partial charge is 0.382 e. The van der Waals surface area contributed by atoms with Crippen LogP contribution in [0.25, 0.3) is 22.3 Å². The first-order valence-corrected chi connectivity index (χ1v) is 7.21. The highest BCUT2D eigenvalue weighted by Crippen LogP contribution is 2.37. The van der Waals surface area contributed by atoms with Gasteiger partial charge in [-0.1, -0.05) is 12.2 Å². The van der Waals surface area contributed by atoms with Crippen LogP contribution in [0.15, 0.2) is 36.4 Å². The third-order valence-corrected chi connectivity index (χ3v) is 4.22. The summed E-state index contributed by atoms with van der Waals surface area (Å²) in [5, 5.41) is 7.85. The number of nitrogens with two attached hydrogens (primary N) is 1. The molecule has 0 atom stereocenters. The molecule has 0 amide bonds. The number of aromatic nitrogens is 3. The number of rotatable bonds is 1. The number of nitrogens with one attached hydrogen (secondary N) is 1. The van der Waals surface area contributed by atoms with Crippen LogP contribution in [-0.4, -0.2) is 15.2 Å². The molecule has 4 nitrogen and oxygen atoms in total. The van der Waals surface area contributed by atoms with Crippen molar-refractivity contribution in [1.29, 1.82) is 0 Å². The van der Waals surface area contributed by atoms with Gasteiger partial charge in [0.15, 0.2) is 11.5 Å². The zero-order chi connectivity index (χ0) is 15.3. The van der Waals surface area contributed by atoms with Crippen LogP contribution >= 0.6 is 0 Å². The van der Waals surface area contributed by atoms with Gasteiger partial charge in [0.2, 0.25) is 0 Å². The summed E-state index contributed by atoms with van der Waals surface area (Å²) in [6.45, 7) is 4.11. The van der Waals surface area contributed by atoms with Crippen molar-refractivity contribution in [2.75, 3.05) is 5.73 Å². The first-order valence-electron chi connectivity index (χ1n) is 7.21. The number of H-pyrrole nitrogens is 1. The summed E-state index contributed by atoms with van der Waals surface area (Å²) in [6.07, 6.45) is 2.59. The molecule has 5 heteroatoms. The van der Waals surface area contributed by atoms with Crippen molar-refractivity contribution >= 4 is 16.9 Å². The van der Waals surface area contributed by atoms with Crippen molar-refractivity contribution < 1.29 is 4.39 Å². The van der Waals surface area contributed by atoms with E-state index in [0.717, 1.165) is 41.5 Å². The fourth-order valence-corrected chi connectivity index (χ4v) is 3.15. The number of pyridine rings is 1. The van der Waals surface area contributed by atoms with E-state index in [4.69, 9.17) is 5.73 Å². The lowest BCUT2D eigenvalue weighted by molar-refractivity contribution is 0.628. The number of hydrogen-bond acceptors (Lipinski definition) is 3. The number of aromatic amines is 1. The molecule has 0 saturated heterocycles. The van der Waals surface area contributed by atoms with Gasteiger partial charge in [-0.05, 0) is 54.7 Å². The second-order valence-electron chi connectivity index (χ2n) is 5.68. The van der Waals surface area contributed by atoms with Gasteiger partial charge >= 0.3 is 0 Å². The minimum Gasteiger partial charge on any atom is -0.382 e. The Kier molecular flexibility index (Phi) is 2.76.